The van der Waals surface area contributed by atoms with E-state index in [4.69, 9.17) is 0 Å². The molecule has 3 nitrogen and oxygen atoms in total. The normalized spacial score (nSPS) is 11.5. The molecule has 0 bridgehead atoms. The van der Waals surface area contributed by atoms with Gasteiger partial charge in [0, 0.05) is 5.56 Å². The van der Waals surface area contributed by atoms with Gasteiger partial charge in [0.05, 0.1) is 17.5 Å². The molecule has 24 heavy (non-hydrogen) atoms. The van der Waals surface area contributed by atoms with Gasteiger partial charge in [-0.15, -0.1) is 5.10 Å². The first-order valence-electron chi connectivity index (χ1n) is 6.99. The van der Waals surface area contributed by atoms with Gasteiger partial charge in [0.1, 0.15) is 0 Å². The van der Waals surface area contributed by atoms with E-state index in [1.54, 1.807) is 24.4 Å². The van der Waals surface area contributed by atoms with Crippen molar-refractivity contribution in [3.05, 3.63) is 60.3 Å². The number of alkyl halides is 3. The maximum atomic E-state index is 12.8. The number of rotatable bonds is 3. The Bertz CT molecular complexity index is 848. The lowest BCUT2D eigenvalue weighted by molar-refractivity contribution is -0.137. The van der Waals surface area contributed by atoms with E-state index in [0.29, 0.717) is 22.0 Å². The molecule has 3 aromatic rings. The second-order valence-electron chi connectivity index (χ2n) is 4.98. The van der Waals surface area contributed by atoms with Crippen LogP contribution in [0.25, 0.3) is 22.4 Å². The summed E-state index contributed by atoms with van der Waals surface area (Å²) >= 11 is 1.39. The molecule has 0 amide bonds. The van der Waals surface area contributed by atoms with E-state index in [-0.39, 0.29) is 0 Å². The number of hydrogen-bond donors (Lipinski definition) is 0. The number of benzene rings is 2. The summed E-state index contributed by atoms with van der Waals surface area (Å²) < 4.78 is 38.5. The number of thioether (sulfide) groups is 1. The van der Waals surface area contributed by atoms with Gasteiger partial charge in [-0.3, -0.25) is 0 Å². The summed E-state index contributed by atoms with van der Waals surface area (Å²) in [7, 11) is 0. The third kappa shape index (κ3) is 3.56. The first kappa shape index (κ1) is 16.4. The molecule has 0 unspecified atom stereocenters. The molecule has 1 aromatic heterocycles. The van der Waals surface area contributed by atoms with Crippen LogP contribution >= 0.6 is 11.8 Å². The standard InChI is InChI=1S/C17H12F3N3S/c1-24-16-22-15(10-21-23-16)12-7-5-11(6-8-12)13-3-2-4-14(9-13)17(18,19)20/h2-10H,1H3. The second kappa shape index (κ2) is 6.60. The van der Waals surface area contributed by atoms with E-state index in [2.05, 4.69) is 15.2 Å². The van der Waals surface area contributed by atoms with Crippen LogP contribution in [0.1, 0.15) is 5.56 Å². The number of aromatic nitrogens is 3. The van der Waals surface area contributed by atoms with Crippen LogP contribution in [0.4, 0.5) is 13.2 Å². The van der Waals surface area contributed by atoms with Gasteiger partial charge in [-0.25, -0.2) is 4.98 Å². The summed E-state index contributed by atoms with van der Waals surface area (Å²) in [4.78, 5) is 4.35. The van der Waals surface area contributed by atoms with Crippen LogP contribution in [0.2, 0.25) is 0 Å². The maximum Gasteiger partial charge on any atom is 0.416 e. The molecule has 0 aliphatic rings. The highest BCUT2D eigenvalue weighted by atomic mass is 32.2. The molecule has 122 valence electrons. The topological polar surface area (TPSA) is 38.7 Å². The third-order valence-electron chi connectivity index (χ3n) is 3.43. The molecule has 0 aliphatic carbocycles. The Hall–Kier alpha value is -2.41. The van der Waals surface area contributed by atoms with Crippen molar-refractivity contribution in [3.8, 4) is 22.4 Å². The van der Waals surface area contributed by atoms with E-state index in [9.17, 15) is 13.2 Å². The van der Waals surface area contributed by atoms with Crippen LogP contribution in [-0.2, 0) is 6.18 Å². The minimum Gasteiger partial charge on any atom is -0.219 e. The van der Waals surface area contributed by atoms with E-state index in [0.717, 1.165) is 17.7 Å². The molecule has 0 N–H and O–H groups in total. The Morgan fingerprint density at radius 3 is 2.29 bits per heavy atom. The van der Waals surface area contributed by atoms with Crippen LogP contribution in [0.15, 0.2) is 59.9 Å². The lowest BCUT2D eigenvalue weighted by Gasteiger charge is -2.09. The fourth-order valence-corrected chi connectivity index (χ4v) is 2.54. The smallest absolute Gasteiger partial charge is 0.219 e. The van der Waals surface area contributed by atoms with Gasteiger partial charge in [0.25, 0.3) is 0 Å². The van der Waals surface area contributed by atoms with Crippen LogP contribution in [0.5, 0.6) is 0 Å². The van der Waals surface area contributed by atoms with E-state index >= 15 is 0 Å². The highest BCUT2D eigenvalue weighted by molar-refractivity contribution is 7.98. The molecule has 2 aromatic carbocycles. The zero-order valence-electron chi connectivity index (χ0n) is 12.6. The molecule has 0 aliphatic heterocycles. The summed E-state index contributed by atoms with van der Waals surface area (Å²) in [6.07, 6.45) is -0.937. The van der Waals surface area contributed by atoms with Crippen LogP contribution in [0.3, 0.4) is 0 Å². The van der Waals surface area contributed by atoms with Crippen LogP contribution in [0, 0.1) is 0 Å². The molecule has 0 fully saturated rings. The van der Waals surface area contributed by atoms with E-state index < -0.39 is 11.7 Å². The summed E-state index contributed by atoms with van der Waals surface area (Å²) in [5.74, 6) is 0. The molecule has 1 heterocycles. The van der Waals surface area contributed by atoms with Crippen molar-refractivity contribution in [2.45, 2.75) is 11.3 Å². The minimum absolute atomic E-state index is 0.516. The summed E-state index contributed by atoms with van der Waals surface area (Å²) in [5.41, 5.74) is 2.06. The zero-order valence-corrected chi connectivity index (χ0v) is 13.4. The summed E-state index contributed by atoms with van der Waals surface area (Å²) in [6, 6.07) is 12.4. The van der Waals surface area contributed by atoms with Crippen molar-refractivity contribution in [2.75, 3.05) is 6.26 Å². The first-order valence-corrected chi connectivity index (χ1v) is 8.21. The quantitative estimate of drug-likeness (QED) is 0.629. The third-order valence-corrected chi connectivity index (χ3v) is 3.96. The van der Waals surface area contributed by atoms with Crippen molar-refractivity contribution >= 4 is 11.8 Å². The summed E-state index contributed by atoms with van der Waals surface area (Å²) in [5, 5.41) is 8.33. The van der Waals surface area contributed by atoms with Gasteiger partial charge >= 0.3 is 6.18 Å². The SMILES string of the molecule is CSc1nncc(-c2ccc(-c3cccc(C(F)(F)F)c3)cc2)n1. The predicted octanol–water partition coefficient (Wildman–Crippen LogP) is 4.95. The van der Waals surface area contributed by atoms with Crippen molar-refractivity contribution in [2.24, 2.45) is 0 Å². The number of halogens is 3. The molecular weight excluding hydrogens is 335 g/mol. The second-order valence-corrected chi connectivity index (χ2v) is 5.76. The van der Waals surface area contributed by atoms with Gasteiger partial charge in [0.15, 0.2) is 0 Å². The van der Waals surface area contributed by atoms with Crippen molar-refractivity contribution in [1.82, 2.24) is 15.2 Å². The zero-order chi connectivity index (χ0) is 17.2. The Kier molecular flexibility index (Phi) is 4.53. The minimum atomic E-state index is -4.35. The molecule has 0 radical (unpaired) electrons. The summed E-state index contributed by atoms with van der Waals surface area (Å²) in [6.45, 7) is 0. The molecule has 0 spiro atoms. The maximum absolute atomic E-state index is 12.8. The molecule has 0 saturated carbocycles. The van der Waals surface area contributed by atoms with Crippen molar-refractivity contribution in [3.63, 3.8) is 0 Å². The monoisotopic (exact) mass is 347 g/mol. The number of nitrogens with zero attached hydrogens (tertiary/aromatic N) is 3. The van der Waals surface area contributed by atoms with Crippen molar-refractivity contribution < 1.29 is 13.2 Å². The molecule has 7 heteroatoms. The Morgan fingerprint density at radius 1 is 0.917 bits per heavy atom. The van der Waals surface area contributed by atoms with Gasteiger partial charge in [-0.1, -0.05) is 48.2 Å². The largest absolute Gasteiger partial charge is 0.416 e. The molecule has 3 rings (SSSR count). The Morgan fingerprint density at radius 2 is 1.62 bits per heavy atom. The average molecular weight is 347 g/mol. The average Bonchev–Trinajstić information content (AvgIpc) is 2.61. The van der Waals surface area contributed by atoms with Gasteiger partial charge in [-0.2, -0.15) is 18.3 Å². The fraction of sp³-hybridized carbons (Fsp3) is 0.118. The number of hydrogen-bond acceptors (Lipinski definition) is 4. The van der Waals surface area contributed by atoms with Gasteiger partial charge < -0.3 is 0 Å². The highest BCUT2D eigenvalue weighted by Gasteiger charge is 2.30. The lowest BCUT2D eigenvalue weighted by atomic mass is 10.0. The van der Waals surface area contributed by atoms with E-state index in [1.165, 1.54) is 17.8 Å². The predicted molar refractivity (Wildman–Crippen MR) is 87.5 cm³/mol. The Balaban J connectivity index is 1.92. The molecule has 0 atom stereocenters. The Labute approximate surface area is 141 Å². The van der Waals surface area contributed by atoms with Crippen LogP contribution < -0.4 is 0 Å². The fourth-order valence-electron chi connectivity index (χ4n) is 2.22. The van der Waals surface area contributed by atoms with Crippen molar-refractivity contribution in [1.29, 1.82) is 0 Å². The highest BCUT2D eigenvalue weighted by Crippen LogP contribution is 2.32. The molecular formula is C17H12F3N3S. The van der Waals surface area contributed by atoms with Gasteiger partial charge in [-0.05, 0) is 29.5 Å². The lowest BCUT2D eigenvalue weighted by Crippen LogP contribution is -2.04. The van der Waals surface area contributed by atoms with Gasteiger partial charge in [0.2, 0.25) is 5.16 Å². The van der Waals surface area contributed by atoms with Crippen LogP contribution in [-0.4, -0.2) is 21.4 Å². The molecule has 0 saturated heterocycles. The first-order chi connectivity index (χ1) is 11.5. The van der Waals surface area contributed by atoms with E-state index in [1.807, 2.05) is 18.4 Å².